The van der Waals surface area contributed by atoms with E-state index in [2.05, 4.69) is 15.5 Å². The predicted octanol–water partition coefficient (Wildman–Crippen LogP) is 1.56. The number of aromatic amines is 1. The first-order valence-electron chi connectivity index (χ1n) is 6.84. The molecule has 2 N–H and O–H groups in total. The maximum atomic E-state index is 11.7. The predicted molar refractivity (Wildman–Crippen MR) is 85.1 cm³/mol. The summed E-state index contributed by atoms with van der Waals surface area (Å²) >= 11 is 1.23. The number of hydrazone groups is 1. The van der Waals surface area contributed by atoms with E-state index in [9.17, 15) is 9.90 Å². The van der Waals surface area contributed by atoms with Crippen LogP contribution in [0.1, 0.15) is 5.56 Å². The second kappa shape index (κ2) is 6.97. The van der Waals surface area contributed by atoms with Gasteiger partial charge in [0.05, 0.1) is 12.0 Å². The van der Waals surface area contributed by atoms with Gasteiger partial charge in [-0.15, -0.1) is 0 Å². The zero-order valence-corrected chi connectivity index (χ0v) is 12.8. The Bertz CT molecular complexity index is 827. The summed E-state index contributed by atoms with van der Waals surface area (Å²) < 4.78 is 5.56. The van der Waals surface area contributed by atoms with Gasteiger partial charge in [0, 0.05) is 6.07 Å². The second-order valence-electron chi connectivity index (χ2n) is 4.63. The molecule has 1 aromatic heterocycles. The first-order valence-corrected chi connectivity index (χ1v) is 7.82. The second-order valence-corrected chi connectivity index (χ2v) is 5.58. The third-order valence-electron chi connectivity index (χ3n) is 2.97. The molecule has 2 aromatic carbocycles. The van der Waals surface area contributed by atoms with Crippen LogP contribution in [-0.4, -0.2) is 17.9 Å². The monoisotopic (exact) mass is 327 g/mol. The van der Waals surface area contributed by atoms with Crippen molar-refractivity contribution in [2.45, 2.75) is 5.22 Å². The number of nitrogens with zero attached hydrogens (tertiary/aromatic N) is 1. The van der Waals surface area contributed by atoms with Crippen molar-refractivity contribution >= 4 is 35.0 Å². The summed E-state index contributed by atoms with van der Waals surface area (Å²) in [6, 6.07) is 14.0. The van der Waals surface area contributed by atoms with Crippen LogP contribution in [0.4, 0.5) is 0 Å². The Labute approximate surface area is 136 Å². The number of aromatic nitrogens is 1. The van der Waals surface area contributed by atoms with Crippen LogP contribution in [0.3, 0.4) is 0 Å². The van der Waals surface area contributed by atoms with Gasteiger partial charge in [-0.25, -0.2) is 5.43 Å². The molecule has 0 aliphatic heterocycles. The van der Waals surface area contributed by atoms with Gasteiger partial charge in [0.1, 0.15) is 0 Å². The lowest BCUT2D eigenvalue weighted by Gasteiger charge is -2.07. The highest BCUT2D eigenvalue weighted by Crippen LogP contribution is 2.18. The summed E-state index contributed by atoms with van der Waals surface area (Å²) in [7, 11) is 0. The zero-order valence-electron chi connectivity index (χ0n) is 12.0. The standard InChI is InChI=1S/C16H13N3O3S/c20-13-7-3-1-5-11(13)9-17-19-15(21)10-23-16-18-12-6-2-4-8-14(12)22-16/h1-9,20H,10H2,(H,19,21)/b17-9+. The van der Waals surface area contributed by atoms with Gasteiger partial charge in [-0.3, -0.25) is 4.79 Å². The first kappa shape index (κ1) is 15.1. The Hall–Kier alpha value is -2.80. The van der Waals surface area contributed by atoms with Gasteiger partial charge in [-0.1, -0.05) is 42.1 Å². The average Bonchev–Trinajstić information content (AvgIpc) is 2.98. The Morgan fingerprint density at radius 2 is 2.04 bits per heavy atom. The first-order chi connectivity index (χ1) is 11.2. The number of hydrogen-bond acceptors (Lipinski definition) is 5. The summed E-state index contributed by atoms with van der Waals surface area (Å²) in [6.45, 7) is 0. The van der Waals surface area contributed by atoms with Crippen molar-refractivity contribution in [1.82, 2.24) is 5.43 Å². The largest absolute Gasteiger partial charge is 0.872 e. The van der Waals surface area contributed by atoms with Crippen LogP contribution in [0, 0.1) is 0 Å². The highest BCUT2D eigenvalue weighted by Gasteiger charge is 2.14. The number of para-hydroxylation sites is 3. The van der Waals surface area contributed by atoms with Crippen LogP contribution in [0.5, 0.6) is 5.75 Å². The Balaban J connectivity index is 1.52. The molecule has 0 spiro atoms. The summed E-state index contributed by atoms with van der Waals surface area (Å²) in [4.78, 5) is 14.8. The normalized spacial score (nSPS) is 11.1. The Morgan fingerprint density at radius 3 is 2.87 bits per heavy atom. The molecule has 0 fully saturated rings. The number of H-pyrrole nitrogens is 1. The number of carbonyl (C=O) groups excluding carboxylic acids is 1. The van der Waals surface area contributed by atoms with E-state index in [0.717, 1.165) is 11.1 Å². The van der Waals surface area contributed by atoms with E-state index in [-0.39, 0.29) is 17.4 Å². The number of nitrogens with one attached hydrogen (secondary N) is 2. The molecule has 6 nitrogen and oxygen atoms in total. The number of rotatable bonds is 5. The molecule has 23 heavy (non-hydrogen) atoms. The van der Waals surface area contributed by atoms with E-state index in [4.69, 9.17) is 4.42 Å². The van der Waals surface area contributed by atoms with Crippen LogP contribution < -0.4 is 15.5 Å². The molecule has 0 bridgehead atoms. The fraction of sp³-hybridized carbons (Fsp3) is 0.0625. The molecule has 3 aromatic rings. The molecule has 0 radical (unpaired) electrons. The number of oxazole rings is 1. The van der Waals surface area contributed by atoms with Crippen molar-refractivity contribution in [3.05, 3.63) is 54.1 Å². The van der Waals surface area contributed by atoms with E-state index < -0.39 is 0 Å². The van der Waals surface area contributed by atoms with E-state index in [1.807, 2.05) is 24.3 Å². The van der Waals surface area contributed by atoms with Crippen LogP contribution in [0.25, 0.3) is 11.1 Å². The lowest BCUT2D eigenvalue weighted by atomic mass is 10.2. The maximum Gasteiger partial charge on any atom is 0.411 e. The average molecular weight is 327 g/mol. The smallest absolute Gasteiger partial charge is 0.411 e. The molecule has 7 heteroatoms. The van der Waals surface area contributed by atoms with Crippen molar-refractivity contribution in [2.75, 3.05) is 5.75 Å². The van der Waals surface area contributed by atoms with Gasteiger partial charge in [0.15, 0.2) is 0 Å². The van der Waals surface area contributed by atoms with Gasteiger partial charge in [-0.05, 0) is 23.4 Å². The molecular weight excluding hydrogens is 314 g/mol. The van der Waals surface area contributed by atoms with Gasteiger partial charge in [0.2, 0.25) is 11.1 Å². The van der Waals surface area contributed by atoms with Crippen molar-refractivity contribution < 1.29 is 19.3 Å². The summed E-state index contributed by atoms with van der Waals surface area (Å²) in [5.74, 6) is -0.285. The van der Waals surface area contributed by atoms with Crippen molar-refractivity contribution in [3.8, 4) is 5.75 Å². The molecule has 0 aliphatic rings. The topological polar surface area (TPSA) is 91.8 Å². The molecule has 3 rings (SSSR count). The fourth-order valence-electron chi connectivity index (χ4n) is 1.88. The number of carbonyl (C=O) groups is 1. The van der Waals surface area contributed by atoms with E-state index in [0.29, 0.717) is 10.8 Å². The minimum Gasteiger partial charge on any atom is -0.872 e. The minimum absolute atomic E-state index is 0.142. The van der Waals surface area contributed by atoms with Crippen molar-refractivity contribution in [1.29, 1.82) is 0 Å². The SMILES string of the molecule is O=C(CSc1[nH+]c2ccccc2o1)N/N=C/c1ccccc1[O-]. The molecule has 1 heterocycles. The third kappa shape index (κ3) is 3.89. The lowest BCUT2D eigenvalue weighted by molar-refractivity contribution is -0.411. The quantitative estimate of drug-likeness (QED) is 0.437. The number of benzene rings is 2. The van der Waals surface area contributed by atoms with E-state index in [1.165, 1.54) is 24.0 Å². The summed E-state index contributed by atoms with van der Waals surface area (Å²) in [5.41, 5.74) is 4.41. The number of fused-ring (bicyclic) bond motifs is 1. The Kier molecular flexibility index (Phi) is 4.58. The molecule has 0 atom stereocenters. The molecule has 0 aliphatic carbocycles. The molecule has 0 saturated carbocycles. The lowest BCUT2D eigenvalue weighted by Crippen LogP contribution is -2.20. The zero-order chi connectivity index (χ0) is 16.1. The number of hydrogen-bond donors (Lipinski definition) is 1. The van der Waals surface area contributed by atoms with Gasteiger partial charge >= 0.3 is 5.22 Å². The molecule has 0 unspecified atom stereocenters. The van der Waals surface area contributed by atoms with E-state index >= 15 is 0 Å². The van der Waals surface area contributed by atoms with Crippen LogP contribution in [-0.2, 0) is 4.79 Å². The van der Waals surface area contributed by atoms with Gasteiger partial charge in [0.25, 0.3) is 5.91 Å². The van der Waals surface area contributed by atoms with E-state index in [1.54, 1.807) is 18.2 Å². The number of amides is 1. The molecule has 1 amide bonds. The van der Waals surface area contributed by atoms with Gasteiger partial charge in [-0.2, -0.15) is 10.1 Å². The highest BCUT2D eigenvalue weighted by atomic mass is 32.2. The van der Waals surface area contributed by atoms with Gasteiger partial charge < -0.3 is 9.52 Å². The van der Waals surface area contributed by atoms with Crippen LogP contribution in [0.2, 0.25) is 0 Å². The molecular formula is C16H13N3O3S. The molecule has 116 valence electrons. The van der Waals surface area contributed by atoms with Crippen molar-refractivity contribution in [2.24, 2.45) is 5.10 Å². The van der Waals surface area contributed by atoms with Crippen molar-refractivity contribution in [3.63, 3.8) is 0 Å². The number of thioether (sulfide) groups is 1. The minimum atomic E-state index is -0.288. The highest BCUT2D eigenvalue weighted by molar-refractivity contribution is 7.99. The fourth-order valence-corrected chi connectivity index (χ4v) is 2.54. The maximum absolute atomic E-state index is 11.7. The summed E-state index contributed by atoms with van der Waals surface area (Å²) in [6.07, 6.45) is 1.33. The third-order valence-corrected chi connectivity index (χ3v) is 3.83. The Morgan fingerprint density at radius 1 is 1.26 bits per heavy atom. The summed E-state index contributed by atoms with van der Waals surface area (Å²) in [5, 5.41) is 15.8. The van der Waals surface area contributed by atoms with Crippen LogP contribution >= 0.6 is 11.8 Å². The van der Waals surface area contributed by atoms with Crippen LogP contribution in [0.15, 0.2) is 63.3 Å². The molecule has 0 saturated heterocycles.